The Bertz CT molecular complexity index is 990. The maximum absolute atomic E-state index is 5.81. The molecule has 0 unspecified atom stereocenters. The van der Waals surface area contributed by atoms with Gasteiger partial charge in [-0.05, 0) is 36.1 Å². The Morgan fingerprint density at radius 1 is 1.00 bits per heavy atom. The van der Waals surface area contributed by atoms with Crippen LogP contribution in [0.1, 0.15) is 0 Å². The molecule has 0 saturated heterocycles. The Kier molecular flexibility index (Phi) is 3.01. The van der Waals surface area contributed by atoms with Gasteiger partial charge in [0.1, 0.15) is 11.5 Å². The summed E-state index contributed by atoms with van der Waals surface area (Å²) >= 11 is 1.74. The van der Waals surface area contributed by atoms with E-state index in [9.17, 15) is 0 Å². The lowest BCUT2D eigenvalue weighted by molar-refractivity contribution is 1.32. The lowest BCUT2D eigenvalue weighted by Gasteiger charge is -2.04. The Morgan fingerprint density at radius 2 is 1.91 bits per heavy atom. The highest BCUT2D eigenvalue weighted by atomic mass is 32.2. The van der Waals surface area contributed by atoms with Crippen molar-refractivity contribution in [1.29, 1.82) is 0 Å². The average molecular weight is 306 g/mol. The second kappa shape index (κ2) is 5.03. The molecule has 0 bridgehead atoms. The molecule has 3 heterocycles. The van der Waals surface area contributed by atoms with Gasteiger partial charge in [0.2, 0.25) is 0 Å². The van der Waals surface area contributed by atoms with Crippen molar-refractivity contribution < 1.29 is 0 Å². The van der Waals surface area contributed by atoms with Gasteiger partial charge in [-0.15, -0.1) is 11.8 Å². The van der Waals surface area contributed by atoms with Gasteiger partial charge in [-0.25, -0.2) is 9.97 Å². The van der Waals surface area contributed by atoms with Crippen molar-refractivity contribution in [2.24, 2.45) is 0 Å². The van der Waals surface area contributed by atoms with Crippen molar-refractivity contribution in [3.63, 3.8) is 0 Å². The third-order valence-corrected chi connectivity index (χ3v) is 4.48. The van der Waals surface area contributed by atoms with Crippen LogP contribution in [0.25, 0.3) is 33.1 Å². The highest BCUT2D eigenvalue weighted by molar-refractivity contribution is 7.98. The second-order valence-corrected chi connectivity index (χ2v) is 6.01. The number of nitrogens with one attached hydrogen (secondary N) is 1. The number of thioether (sulfide) groups is 1. The molecule has 4 rings (SSSR count). The molecule has 0 saturated carbocycles. The Balaban J connectivity index is 1.95. The first-order valence-corrected chi connectivity index (χ1v) is 8.14. The van der Waals surface area contributed by atoms with E-state index >= 15 is 0 Å². The molecular weight excluding hydrogens is 292 g/mol. The van der Waals surface area contributed by atoms with Gasteiger partial charge in [0, 0.05) is 27.4 Å². The average Bonchev–Trinajstić information content (AvgIpc) is 2.92. The fraction of sp³-hybridized carbons (Fsp3) is 0.0588. The van der Waals surface area contributed by atoms with Gasteiger partial charge in [0.15, 0.2) is 0 Å². The van der Waals surface area contributed by atoms with E-state index in [0.717, 1.165) is 33.1 Å². The zero-order valence-corrected chi connectivity index (χ0v) is 12.8. The first-order chi connectivity index (χ1) is 10.7. The predicted molar refractivity (Wildman–Crippen MR) is 93.0 cm³/mol. The van der Waals surface area contributed by atoms with Gasteiger partial charge in [-0.2, -0.15) is 0 Å². The van der Waals surface area contributed by atoms with Crippen LogP contribution in [0.4, 0.5) is 5.82 Å². The summed E-state index contributed by atoms with van der Waals surface area (Å²) in [5.41, 5.74) is 9.88. The first-order valence-electron chi connectivity index (χ1n) is 6.92. The number of nitrogen functional groups attached to an aromatic ring is 1. The molecule has 0 atom stereocenters. The summed E-state index contributed by atoms with van der Waals surface area (Å²) in [7, 11) is 0. The van der Waals surface area contributed by atoms with Gasteiger partial charge in [0.25, 0.3) is 0 Å². The van der Waals surface area contributed by atoms with Crippen molar-refractivity contribution in [3.05, 3.63) is 48.8 Å². The van der Waals surface area contributed by atoms with Crippen molar-refractivity contribution in [1.82, 2.24) is 15.0 Å². The summed E-state index contributed by atoms with van der Waals surface area (Å²) in [6.45, 7) is 0. The standard InChI is InChI=1S/C17H14N4S/c1-22-12-4-2-3-10(5-12)11-6-14-13-7-16(18)19-9-15(13)21-17(14)20-8-11/h2-9H,1H3,(H2,18,19)(H,20,21). The molecule has 0 aliphatic rings. The Morgan fingerprint density at radius 3 is 2.77 bits per heavy atom. The topological polar surface area (TPSA) is 67.6 Å². The molecule has 0 aliphatic carbocycles. The molecule has 0 spiro atoms. The number of fused-ring (bicyclic) bond motifs is 3. The molecule has 0 fully saturated rings. The minimum absolute atomic E-state index is 0.517. The van der Waals surface area contributed by atoms with Crippen LogP contribution in [0, 0.1) is 0 Å². The van der Waals surface area contributed by atoms with Crippen LogP contribution in [0.2, 0.25) is 0 Å². The van der Waals surface area contributed by atoms with Gasteiger partial charge >= 0.3 is 0 Å². The highest BCUT2D eigenvalue weighted by Gasteiger charge is 2.08. The van der Waals surface area contributed by atoms with Gasteiger partial charge in [0.05, 0.1) is 11.7 Å². The monoisotopic (exact) mass is 306 g/mol. The number of nitrogens with two attached hydrogens (primary N) is 1. The third-order valence-electron chi connectivity index (χ3n) is 3.76. The molecule has 3 N–H and O–H groups in total. The number of anilines is 1. The van der Waals surface area contributed by atoms with E-state index < -0.39 is 0 Å². The van der Waals surface area contributed by atoms with Gasteiger partial charge in [-0.3, -0.25) is 0 Å². The number of pyridine rings is 2. The van der Waals surface area contributed by atoms with E-state index in [1.165, 1.54) is 4.90 Å². The predicted octanol–water partition coefficient (Wildman–Crippen LogP) is 4.08. The minimum atomic E-state index is 0.517. The third kappa shape index (κ3) is 2.10. The second-order valence-electron chi connectivity index (χ2n) is 5.13. The summed E-state index contributed by atoms with van der Waals surface area (Å²) in [4.78, 5) is 13.2. The molecule has 3 aromatic heterocycles. The lowest BCUT2D eigenvalue weighted by Crippen LogP contribution is -1.87. The maximum atomic E-state index is 5.81. The highest BCUT2D eigenvalue weighted by Crippen LogP contribution is 2.30. The van der Waals surface area contributed by atoms with Gasteiger partial charge < -0.3 is 10.7 Å². The molecule has 0 radical (unpaired) electrons. The normalized spacial score (nSPS) is 11.3. The van der Waals surface area contributed by atoms with Crippen LogP contribution in [-0.2, 0) is 0 Å². The van der Waals surface area contributed by atoms with Crippen LogP contribution >= 0.6 is 11.8 Å². The Labute approximate surface area is 131 Å². The number of benzene rings is 1. The van der Waals surface area contributed by atoms with E-state index in [-0.39, 0.29) is 0 Å². The molecule has 4 aromatic rings. The summed E-state index contributed by atoms with van der Waals surface area (Å²) in [5, 5.41) is 2.12. The van der Waals surface area contributed by atoms with Crippen molar-refractivity contribution in [3.8, 4) is 11.1 Å². The van der Waals surface area contributed by atoms with Crippen LogP contribution < -0.4 is 5.73 Å². The van der Waals surface area contributed by atoms with Crippen molar-refractivity contribution in [2.45, 2.75) is 4.90 Å². The number of hydrogen-bond acceptors (Lipinski definition) is 4. The fourth-order valence-corrected chi connectivity index (χ4v) is 3.11. The minimum Gasteiger partial charge on any atom is -0.384 e. The molecule has 0 amide bonds. The van der Waals surface area contributed by atoms with Crippen LogP contribution in [0.15, 0.2) is 53.7 Å². The number of aromatic nitrogens is 3. The van der Waals surface area contributed by atoms with E-state index in [1.54, 1.807) is 18.0 Å². The Hall–Kier alpha value is -2.53. The van der Waals surface area contributed by atoms with E-state index in [2.05, 4.69) is 51.5 Å². The molecule has 22 heavy (non-hydrogen) atoms. The molecule has 5 heteroatoms. The molecule has 1 aromatic carbocycles. The molecule has 0 aliphatic heterocycles. The quantitative estimate of drug-likeness (QED) is 0.548. The SMILES string of the molecule is CSc1cccc(-c2cnc3[nH]c4cnc(N)cc4c3c2)c1. The first kappa shape index (κ1) is 13.2. The number of nitrogens with zero attached hydrogens (tertiary/aromatic N) is 2. The van der Waals surface area contributed by atoms with E-state index in [4.69, 9.17) is 5.73 Å². The van der Waals surface area contributed by atoms with Crippen LogP contribution in [0.3, 0.4) is 0 Å². The zero-order chi connectivity index (χ0) is 15.1. The summed E-state index contributed by atoms with van der Waals surface area (Å²) in [5.74, 6) is 0.517. The van der Waals surface area contributed by atoms with Crippen molar-refractivity contribution in [2.75, 3.05) is 12.0 Å². The number of aromatic amines is 1. The smallest absolute Gasteiger partial charge is 0.138 e. The van der Waals surface area contributed by atoms with Crippen LogP contribution in [0.5, 0.6) is 0 Å². The lowest BCUT2D eigenvalue weighted by atomic mass is 10.1. The number of rotatable bonds is 2. The number of hydrogen-bond donors (Lipinski definition) is 2. The van der Waals surface area contributed by atoms with Gasteiger partial charge in [-0.1, -0.05) is 12.1 Å². The summed E-state index contributed by atoms with van der Waals surface area (Å²) in [6, 6.07) is 12.5. The van der Waals surface area contributed by atoms with Crippen LogP contribution in [-0.4, -0.2) is 21.2 Å². The number of H-pyrrole nitrogens is 1. The molecular formula is C17H14N4S. The largest absolute Gasteiger partial charge is 0.384 e. The van der Waals surface area contributed by atoms with Crippen molar-refractivity contribution >= 4 is 39.5 Å². The fourth-order valence-electron chi connectivity index (χ4n) is 2.65. The summed E-state index contributed by atoms with van der Waals surface area (Å²) in [6.07, 6.45) is 5.73. The maximum Gasteiger partial charge on any atom is 0.138 e. The van der Waals surface area contributed by atoms with E-state index in [0.29, 0.717) is 5.82 Å². The summed E-state index contributed by atoms with van der Waals surface area (Å²) < 4.78 is 0. The zero-order valence-electron chi connectivity index (χ0n) is 12.0. The van der Waals surface area contributed by atoms with E-state index in [1.807, 2.05) is 12.3 Å². The molecule has 4 nitrogen and oxygen atoms in total. The molecule has 108 valence electrons.